The lowest BCUT2D eigenvalue weighted by atomic mass is 9.94. The Bertz CT molecular complexity index is 1790. The number of nitrogens with zero attached hydrogens (tertiary/aromatic N) is 4. The van der Waals surface area contributed by atoms with Crippen LogP contribution in [0.1, 0.15) is 34.8 Å². The fourth-order valence-electron chi connectivity index (χ4n) is 5.72. The van der Waals surface area contributed by atoms with Crippen molar-refractivity contribution in [1.82, 2.24) is 19.2 Å². The molecule has 0 saturated carbocycles. The summed E-state index contributed by atoms with van der Waals surface area (Å²) in [6, 6.07) is 9.79. The normalized spacial score (nSPS) is 15.1. The average Bonchev–Trinajstić information content (AvgIpc) is 3.28. The number of ether oxygens (including phenoxy) is 3. The van der Waals surface area contributed by atoms with Crippen LogP contribution in [0.2, 0.25) is 0 Å². The van der Waals surface area contributed by atoms with E-state index in [-0.39, 0.29) is 41.1 Å². The molecule has 0 aliphatic carbocycles. The number of alkyl halides is 2. The van der Waals surface area contributed by atoms with Crippen LogP contribution in [0.25, 0.3) is 17.1 Å². The molecule has 1 aliphatic heterocycles. The van der Waals surface area contributed by atoms with Crippen LogP contribution >= 0.6 is 0 Å². The summed E-state index contributed by atoms with van der Waals surface area (Å²) in [5, 5.41) is 11.9. The van der Waals surface area contributed by atoms with E-state index in [1.807, 2.05) is 0 Å². The van der Waals surface area contributed by atoms with E-state index in [1.54, 1.807) is 6.07 Å². The Labute approximate surface area is 266 Å². The smallest absolute Gasteiger partial charge is 0.387 e. The summed E-state index contributed by atoms with van der Waals surface area (Å²) in [6.07, 6.45) is 1.65. The topological polar surface area (TPSA) is 120 Å². The van der Waals surface area contributed by atoms with E-state index in [9.17, 15) is 23.5 Å². The van der Waals surface area contributed by atoms with Gasteiger partial charge in [0, 0.05) is 55.9 Å². The van der Waals surface area contributed by atoms with Gasteiger partial charge in [-0.15, -0.1) is 0 Å². The summed E-state index contributed by atoms with van der Waals surface area (Å²) in [7, 11) is 4.08. The molecule has 4 aromatic rings. The molecule has 1 unspecified atom stereocenters. The monoisotopic (exact) mass is 659 g/mol. The highest BCUT2D eigenvalue weighted by Gasteiger charge is 2.29. The lowest BCUT2D eigenvalue weighted by Gasteiger charge is -2.32. The fraction of sp³-hybridized carbons (Fsp3) is 0.344. The molecule has 1 aliphatic rings. The Morgan fingerprint density at radius 1 is 1.04 bits per heavy atom. The number of β-amino-alcohol motifs (C(OH)–C–C–N with tert-alkyl or cyclic N) is 1. The van der Waals surface area contributed by atoms with E-state index in [1.165, 1.54) is 44.1 Å². The number of aromatic nitrogens is 3. The molecule has 250 valence electrons. The molecule has 5 rings (SSSR count). The second kappa shape index (κ2) is 14.3. The van der Waals surface area contributed by atoms with Gasteiger partial charge in [0.25, 0.3) is 11.5 Å². The van der Waals surface area contributed by atoms with Crippen molar-refractivity contribution < 1.29 is 41.7 Å². The second-order valence-corrected chi connectivity index (χ2v) is 10.8. The van der Waals surface area contributed by atoms with Crippen molar-refractivity contribution in [3.8, 4) is 34.3 Å². The molecule has 1 fully saturated rings. The van der Waals surface area contributed by atoms with Crippen molar-refractivity contribution >= 4 is 11.6 Å². The number of piperidine rings is 1. The summed E-state index contributed by atoms with van der Waals surface area (Å²) < 4.78 is 73.3. The number of hydrogen-bond acceptors (Lipinski definition) is 8. The van der Waals surface area contributed by atoms with Crippen LogP contribution in [0, 0.1) is 11.6 Å². The SMILES string of the molecule is COc1cc(C2CCCN(CCO)C2)nc(-n2c(=O)c(NC(=O)c3ccc(OC(F)F)cc3)c(-c3c(F)cc(OC)cc3F)n2C)c1. The molecule has 15 heteroatoms. The Morgan fingerprint density at radius 2 is 1.70 bits per heavy atom. The molecular formula is C32H33F4N5O6. The average molecular weight is 660 g/mol. The molecule has 1 amide bonds. The van der Waals surface area contributed by atoms with Crippen LogP contribution in [-0.2, 0) is 7.05 Å². The summed E-state index contributed by atoms with van der Waals surface area (Å²) >= 11 is 0. The maximum atomic E-state index is 15.5. The first-order valence-electron chi connectivity index (χ1n) is 14.7. The number of rotatable bonds is 11. The van der Waals surface area contributed by atoms with Gasteiger partial charge in [0.05, 0.1) is 32.1 Å². The predicted molar refractivity (Wildman–Crippen MR) is 164 cm³/mol. The number of pyridine rings is 1. The van der Waals surface area contributed by atoms with Crippen LogP contribution < -0.4 is 25.1 Å². The Balaban J connectivity index is 1.64. The van der Waals surface area contributed by atoms with Gasteiger partial charge >= 0.3 is 6.61 Å². The molecule has 0 spiro atoms. The van der Waals surface area contributed by atoms with Crippen LogP contribution in [0.15, 0.2) is 53.3 Å². The van der Waals surface area contributed by atoms with Gasteiger partial charge < -0.3 is 29.5 Å². The number of benzene rings is 2. The zero-order chi connectivity index (χ0) is 33.8. The van der Waals surface area contributed by atoms with Crippen LogP contribution in [0.3, 0.4) is 0 Å². The maximum Gasteiger partial charge on any atom is 0.387 e. The van der Waals surface area contributed by atoms with Crippen molar-refractivity contribution in [3.63, 3.8) is 0 Å². The fourth-order valence-corrected chi connectivity index (χ4v) is 5.72. The number of nitrogens with one attached hydrogen (secondary N) is 1. The third-order valence-electron chi connectivity index (χ3n) is 7.93. The van der Waals surface area contributed by atoms with Gasteiger partial charge in [-0.1, -0.05) is 0 Å². The largest absolute Gasteiger partial charge is 0.497 e. The summed E-state index contributed by atoms with van der Waals surface area (Å²) in [5.74, 6) is -2.91. The third-order valence-corrected chi connectivity index (χ3v) is 7.93. The van der Waals surface area contributed by atoms with Crippen molar-refractivity contribution in [3.05, 3.63) is 81.8 Å². The van der Waals surface area contributed by atoms with Gasteiger partial charge in [0.1, 0.15) is 40.3 Å². The minimum absolute atomic E-state index is 0.00559. The molecule has 2 aromatic carbocycles. The quantitative estimate of drug-likeness (QED) is 0.225. The van der Waals surface area contributed by atoms with Crippen LogP contribution in [-0.4, -0.2) is 77.3 Å². The maximum absolute atomic E-state index is 15.5. The summed E-state index contributed by atoms with van der Waals surface area (Å²) in [5.41, 5.74) is -1.69. The predicted octanol–water partition coefficient (Wildman–Crippen LogP) is 4.56. The van der Waals surface area contributed by atoms with Gasteiger partial charge in [-0.05, 0) is 43.7 Å². The molecule has 11 nitrogen and oxygen atoms in total. The van der Waals surface area contributed by atoms with Gasteiger partial charge in [-0.3, -0.25) is 14.3 Å². The number of halogens is 4. The number of carbonyl (C=O) groups excluding carboxylic acids is 1. The highest BCUT2D eigenvalue weighted by atomic mass is 19.3. The summed E-state index contributed by atoms with van der Waals surface area (Å²) in [4.78, 5) is 34.3. The van der Waals surface area contributed by atoms with Crippen molar-refractivity contribution in [1.29, 1.82) is 0 Å². The number of amides is 1. The molecule has 0 radical (unpaired) electrons. The minimum Gasteiger partial charge on any atom is -0.497 e. The van der Waals surface area contributed by atoms with E-state index >= 15 is 8.78 Å². The van der Waals surface area contributed by atoms with Crippen molar-refractivity contribution in [2.24, 2.45) is 7.05 Å². The first-order valence-corrected chi connectivity index (χ1v) is 14.7. The molecule has 2 aromatic heterocycles. The first kappa shape index (κ1) is 33.5. The van der Waals surface area contributed by atoms with Gasteiger partial charge in [-0.25, -0.2) is 13.8 Å². The Hall–Kier alpha value is -4.89. The van der Waals surface area contributed by atoms with E-state index < -0.39 is 41.0 Å². The number of aliphatic hydroxyl groups excluding tert-OH is 1. The molecule has 1 saturated heterocycles. The number of anilines is 1. The van der Waals surface area contributed by atoms with Crippen molar-refractivity contribution in [2.45, 2.75) is 25.4 Å². The number of methoxy groups -OCH3 is 2. The number of likely N-dealkylation sites (tertiary alicyclic amines) is 1. The molecule has 1 atom stereocenters. The standard InChI is InChI=1S/C32H33F4N5O6/c1-39-29(27-23(33)13-21(45-2)14-24(27)34)28(38-30(43)18-6-8-20(9-7-18)47-32(35)36)31(44)41(39)26-16-22(46-3)15-25(37-26)19-5-4-10-40(17-19)11-12-42/h6-9,13-16,19,32,42H,4-5,10-12,17H2,1-3H3,(H,38,43). The van der Waals surface area contributed by atoms with Crippen molar-refractivity contribution in [2.75, 3.05) is 45.8 Å². The van der Waals surface area contributed by atoms with E-state index in [2.05, 4.69) is 15.0 Å². The molecule has 47 heavy (non-hydrogen) atoms. The lowest BCUT2D eigenvalue weighted by Crippen LogP contribution is -2.36. The third kappa shape index (κ3) is 7.10. The number of hydrogen-bond donors (Lipinski definition) is 2. The van der Waals surface area contributed by atoms with Gasteiger partial charge in [0.2, 0.25) is 0 Å². The molecule has 0 bridgehead atoms. The summed E-state index contributed by atoms with van der Waals surface area (Å²) in [6.45, 7) is -1.14. The number of aliphatic hydroxyl groups is 1. The molecular weight excluding hydrogens is 626 g/mol. The van der Waals surface area contributed by atoms with Gasteiger partial charge in [-0.2, -0.15) is 13.5 Å². The highest BCUT2D eigenvalue weighted by molar-refractivity contribution is 6.06. The molecule has 2 N–H and O–H groups in total. The molecule has 3 heterocycles. The van der Waals surface area contributed by atoms with Crippen LogP contribution in [0.4, 0.5) is 23.2 Å². The van der Waals surface area contributed by atoms with E-state index in [0.29, 0.717) is 24.5 Å². The minimum atomic E-state index is -3.07. The number of carbonyl (C=O) groups is 1. The highest BCUT2D eigenvalue weighted by Crippen LogP contribution is 2.35. The first-order chi connectivity index (χ1) is 22.5. The Morgan fingerprint density at radius 3 is 2.32 bits per heavy atom. The zero-order valence-corrected chi connectivity index (χ0v) is 25.8. The second-order valence-electron chi connectivity index (χ2n) is 10.8. The van der Waals surface area contributed by atoms with Gasteiger partial charge in [0.15, 0.2) is 5.82 Å². The zero-order valence-electron chi connectivity index (χ0n) is 25.8. The van der Waals surface area contributed by atoms with E-state index in [4.69, 9.17) is 14.5 Å². The lowest BCUT2D eigenvalue weighted by molar-refractivity contribution is -0.0498. The van der Waals surface area contributed by atoms with Crippen LogP contribution in [0.5, 0.6) is 17.2 Å². The van der Waals surface area contributed by atoms with E-state index in [0.717, 1.165) is 48.3 Å². The Kier molecular flexibility index (Phi) is 10.2.